The summed E-state index contributed by atoms with van der Waals surface area (Å²) in [5.74, 6) is -0.611. The third kappa shape index (κ3) is 3.14. The molecule has 0 aromatic carbocycles. The van der Waals surface area contributed by atoms with Gasteiger partial charge in [-0.1, -0.05) is 12.2 Å². The van der Waals surface area contributed by atoms with E-state index in [1.54, 1.807) is 6.08 Å². The minimum Gasteiger partial charge on any atom is -0.481 e. The van der Waals surface area contributed by atoms with Gasteiger partial charge in [0, 0.05) is 0 Å². The molecule has 5 heteroatoms. The Balaban J connectivity index is 2.38. The number of hydrogen-bond donors (Lipinski definition) is 1. The molecular weight excluding hydrogens is 204 g/mol. The fourth-order valence-corrected chi connectivity index (χ4v) is 3.39. The zero-order valence-corrected chi connectivity index (χ0v) is 8.66. The minimum absolute atomic E-state index is 0.0350. The van der Waals surface area contributed by atoms with Gasteiger partial charge in [-0.05, 0) is 19.3 Å². The lowest BCUT2D eigenvalue weighted by atomic mass is 10.2. The summed E-state index contributed by atoms with van der Waals surface area (Å²) in [6.07, 6.45) is 5.03. The zero-order valence-electron chi connectivity index (χ0n) is 7.85. The van der Waals surface area contributed by atoms with Crippen molar-refractivity contribution in [3.63, 3.8) is 0 Å². The fraction of sp³-hybridized carbons (Fsp3) is 0.667. The van der Waals surface area contributed by atoms with E-state index < -0.39 is 15.8 Å². The number of hydrogen-bond acceptors (Lipinski definition) is 3. The van der Waals surface area contributed by atoms with Crippen molar-refractivity contribution in [2.24, 2.45) is 0 Å². The third-order valence-electron chi connectivity index (χ3n) is 2.32. The Morgan fingerprint density at radius 2 is 2.14 bits per heavy atom. The molecule has 0 aromatic heterocycles. The maximum atomic E-state index is 11.3. The van der Waals surface area contributed by atoms with Gasteiger partial charge in [0.05, 0.1) is 17.4 Å². The van der Waals surface area contributed by atoms with Gasteiger partial charge in [-0.25, -0.2) is 8.42 Å². The van der Waals surface area contributed by atoms with E-state index in [1.165, 1.54) is 6.08 Å². The van der Waals surface area contributed by atoms with Gasteiger partial charge in [0.2, 0.25) is 0 Å². The summed E-state index contributed by atoms with van der Waals surface area (Å²) in [7, 11) is -2.89. The minimum atomic E-state index is -2.89. The molecule has 0 aliphatic carbocycles. The van der Waals surface area contributed by atoms with E-state index in [1.807, 2.05) is 0 Å². The third-order valence-corrected chi connectivity index (χ3v) is 4.62. The van der Waals surface area contributed by atoms with E-state index in [0.29, 0.717) is 12.8 Å². The van der Waals surface area contributed by atoms with E-state index >= 15 is 0 Å². The second-order valence-electron chi connectivity index (χ2n) is 3.44. The average molecular weight is 218 g/mol. The van der Waals surface area contributed by atoms with Gasteiger partial charge in [0.25, 0.3) is 0 Å². The highest BCUT2D eigenvalue weighted by molar-refractivity contribution is 7.92. The average Bonchev–Trinajstić information content (AvgIpc) is 2.39. The summed E-state index contributed by atoms with van der Waals surface area (Å²) >= 11 is 0. The molecule has 1 unspecified atom stereocenters. The molecule has 1 heterocycles. The summed E-state index contributed by atoms with van der Waals surface area (Å²) < 4.78 is 22.7. The molecular formula is C9H14O4S. The Bertz CT molecular complexity index is 329. The molecule has 1 aliphatic rings. The Kier molecular flexibility index (Phi) is 3.69. The number of carbonyl (C=O) groups is 1. The van der Waals surface area contributed by atoms with Crippen LogP contribution in [0.2, 0.25) is 0 Å². The molecule has 80 valence electrons. The second-order valence-corrected chi connectivity index (χ2v) is 5.84. The quantitative estimate of drug-likeness (QED) is 0.714. The highest BCUT2D eigenvalue weighted by Crippen LogP contribution is 2.22. The predicted molar refractivity (Wildman–Crippen MR) is 52.8 cm³/mol. The topological polar surface area (TPSA) is 71.4 Å². The number of rotatable bonds is 4. The van der Waals surface area contributed by atoms with Crippen molar-refractivity contribution < 1.29 is 18.3 Å². The van der Waals surface area contributed by atoms with Gasteiger partial charge in [0.15, 0.2) is 9.84 Å². The molecule has 0 radical (unpaired) electrons. The van der Waals surface area contributed by atoms with Crippen LogP contribution in [0.3, 0.4) is 0 Å². The molecule has 1 saturated heterocycles. The first-order valence-electron chi connectivity index (χ1n) is 4.61. The lowest BCUT2D eigenvalue weighted by Gasteiger charge is -2.04. The molecule has 0 bridgehead atoms. The van der Waals surface area contributed by atoms with Gasteiger partial charge >= 0.3 is 5.97 Å². The molecule has 1 fully saturated rings. The normalized spacial score (nSPS) is 25.6. The van der Waals surface area contributed by atoms with Crippen molar-refractivity contribution in [1.82, 2.24) is 0 Å². The van der Waals surface area contributed by atoms with Gasteiger partial charge < -0.3 is 5.11 Å². The van der Waals surface area contributed by atoms with Crippen LogP contribution in [0.15, 0.2) is 12.2 Å². The van der Waals surface area contributed by atoms with Gasteiger partial charge in [-0.2, -0.15) is 0 Å². The standard InChI is InChI=1S/C9H14O4S/c10-9(11)6-2-1-4-8-5-3-7-14(8,12)13/h1-2,8H,3-7H2,(H,10,11)/b2-1-. The first-order chi connectivity index (χ1) is 6.52. The van der Waals surface area contributed by atoms with Crippen LogP contribution in [0.5, 0.6) is 0 Å². The first-order valence-corrected chi connectivity index (χ1v) is 6.32. The molecule has 1 atom stereocenters. The second kappa shape index (κ2) is 4.59. The van der Waals surface area contributed by atoms with Crippen LogP contribution in [0.1, 0.15) is 25.7 Å². The summed E-state index contributed by atoms with van der Waals surface area (Å²) in [5.41, 5.74) is 0. The van der Waals surface area contributed by atoms with Crippen molar-refractivity contribution in [3.05, 3.63) is 12.2 Å². The van der Waals surface area contributed by atoms with E-state index in [-0.39, 0.29) is 17.4 Å². The lowest BCUT2D eigenvalue weighted by molar-refractivity contribution is -0.136. The highest BCUT2D eigenvalue weighted by atomic mass is 32.2. The maximum absolute atomic E-state index is 11.3. The zero-order chi connectivity index (χ0) is 10.6. The molecule has 1 aliphatic heterocycles. The largest absolute Gasteiger partial charge is 0.481 e. The van der Waals surface area contributed by atoms with Crippen molar-refractivity contribution in [1.29, 1.82) is 0 Å². The van der Waals surface area contributed by atoms with E-state index in [2.05, 4.69) is 0 Å². The van der Waals surface area contributed by atoms with Crippen LogP contribution < -0.4 is 0 Å². The Morgan fingerprint density at radius 3 is 2.64 bits per heavy atom. The molecule has 0 amide bonds. The van der Waals surface area contributed by atoms with Crippen LogP contribution in [-0.2, 0) is 14.6 Å². The number of aliphatic carboxylic acids is 1. The summed E-state index contributed by atoms with van der Waals surface area (Å²) in [6.45, 7) is 0. The molecule has 1 N–H and O–H groups in total. The number of allylic oxidation sites excluding steroid dienone is 1. The number of sulfone groups is 1. The van der Waals surface area contributed by atoms with Crippen molar-refractivity contribution in [2.75, 3.05) is 5.75 Å². The number of carboxylic acid groups (broad SMARTS) is 1. The summed E-state index contributed by atoms with van der Waals surface area (Å²) in [4.78, 5) is 10.2. The first kappa shape index (κ1) is 11.2. The van der Waals surface area contributed by atoms with Crippen LogP contribution >= 0.6 is 0 Å². The Hall–Kier alpha value is -0.840. The van der Waals surface area contributed by atoms with E-state index in [0.717, 1.165) is 6.42 Å². The summed E-state index contributed by atoms with van der Waals surface area (Å²) in [6, 6.07) is 0. The van der Waals surface area contributed by atoms with Gasteiger partial charge in [0.1, 0.15) is 0 Å². The molecule has 4 nitrogen and oxygen atoms in total. The Labute approximate surface area is 83.5 Å². The van der Waals surface area contributed by atoms with Crippen LogP contribution in [-0.4, -0.2) is 30.5 Å². The number of carboxylic acids is 1. The molecule has 0 aromatic rings. The van der Waals surface area contributed by atoms with E-state index in [4.69, 9.17) is 5.11 Å². The maximum Gasteiger partial charge on any atom is 0.307 e. The molecule has 14 heavy (non-hydrogen) atoms. The van der Waals surface area contributed by atoms with Gasteiger partial charge in [-0.15, -0.1) is 0 Å². The smallest absolute Gasteiger partial charge is 0.307 e. The van der Waals surface area contributed by atoms with Crippen LogP contribution in [0, 0.1) is 0 Å². The lowest BCUT2D eigenvalue weighted by Crippen LogP contribution is -2.14. The van der Waals surface area contributed by atoms with Crippen molar-refractivity contribution in [3.8, 4) is 0 Å². The molecule has 0 spiro atoms. The molecule has 1 rings (SSSR count). The van der Waals surface area contributed by atoms with Crippen molar-refractivity contribution >= 4 is 15.8 Å². The van der Waals surface area contributed by atoms with Gasteiger partial charge in [-0.3, -0.25) is 4.79 Å². The fourth-order valence-electron chi connectivity index (χ4n) is 1.56. The monoisotopic (exact) mass is 218 g/mol. The highest BCUT2D eigenvalue weighted by Gasteiger charge is 2.29. The SMILES string of the molecule is O=C(O)C/C=C\CC1CCCS1(=O)=O. The van der Waals surface area contributed by atoms with Crippen LogP contribution in [0.25, 0.3) is 0 Å². The summed E-state index contributed by atoms with van der Waals surface area (Å²) in [5, 5.41) is 8.05. The Morgan fingerprint density at radius 1 is 1.43 bits per heavy atom. The van der Waals surface area contributed by atoms with E-state index in [9.17, 15) is 13.2 Å². The molecule has 0 saturated carbocycles. The van der Waals surface area contributed by atoms with Crippen LogP contribution in [0.4, 0.5) is 0 Å². The van der Waals surface area contributed by atoms with Crippen molar-refractivity contribution in [2.45, 2.75) is 30.9 Å². The predicted octanol–water partition coefficient (Wildman–Crippen LogP) is 0.985.